The second kappa shape index (κ2) is 5.30. The zero-order valence-corrected chi connectivity index (χ0v) is 9.95. The molecule has 2 N–H and O–H groups in total. The standard InChI is InChI=1S/C11H20N2O3/c1-11(10(16)12-2)5-7-13(8-11)6-3-4-9(14)15/h3-8H2,1-2H3,(H,12,16)(H,14,15). The van der Waals surface area contributed by atoms with Crippen molar-refractivity contribution >= 4 is 11.9 Å². The minimum Gasteiger partial charge on any atom is -0.481 e. The topological polar surface area (TPSA) is 69.6 Å². The minimum absolute atomic E-state index is 0.0771. The fraction of sp³-hybridized carbons (Fsp3) is 0.818. The SMILES string of the molecule is CNC(=O)C1(C)CCN(CCCC(=O)O)C1. The molecule has 5 heteroatoms. The number of hydrogen-bond acceptors (Lipinski definition) is 3. The van der Waals surface area contributed by atoms with Crippen LogP contribution in [0.1, 0.15) is 26.2 Å². The maximum Gasteiger partial charge on any atom is 0.303 e. The molecule has 16 heavy (non-hydrogen) atoms. The summed E-state index contributed by atoms with van der Waals surface area (Å²) in [6.07, 6.45) is 1.70. The third kappa shape index (κ3) is 3.20. The number of nitrogens with one attached hydrogen (secondary N) is 1. The van der Waals surface area contributed by atoms with Crippen LogP contribution in [-0.4, -0.2) is 48.6 Å². The maximum atomic E-state index is 11.6. The van der Waals surface area contributed by atoms with E-state index in [0.717, 1.165) is 26.1 Å². The predicted octanol–water partition coefficient (Wildman–Crippen LogP) is 0.309. The number of nitrogens with zero attached hydrogens (tertiary/aromatic N) is 1. The highest BCUT2D eigenvalue weighted by Crippen LogP contribution is 2.29. The Balaban J connectivity index is 2.34. The monoisotopic (exact) mass is 228 g/mol. The lowest BCUT2D eigenvalue weighted by Gasteiger charge is -2.22. The van der Waals surface area contributed by atoms with Crippen molar-refractivity contribution in [3.63, 3.8) is 0 Å². The summed E-state index contributed by atoms with van der Waals surface area (Å²) in [6.45, 7) is 4.33. The van der Waals surface area contributed by atoms with Gasteiger partial charge in [0.15, 0.2) is 0 Å². The highest BCUT2D eigenvalue weighted by atomic mass is 16.4. The molecule has 5 nitrogen and oxygen atoms in total. The number of carbonyl (C=O) groups is 2. The van der Waals surface area contributed by atoms with Gasteiger partial charge in [0.25, 0.3) is 0 Å². The highest BCUT2D eigenvalue weighted by Gasteiger charge is 2.39. The van der Waals surface area contributed by atoms with E-state index in [9.17, 15) is 9.59 Å². The molecular formula is C11H20N2O3. The van der Waals surface area contributed by atoms with Crippen molar-refractivity contribution in [2.24, 2.45) is 5.41 Å². The van der Waals surface area contributed by atoms with E-state index in [1.54, 1.807) is 7.05 Å². The van der Waals surface area contributed by atoms with Crippen LogP contribution in [0.5, 0.6) is 0 Å². The van der Waals surface area contributed by atoms with E-state index in [-0.39, 0.29) is 17.7 Å². The van der Waals surface area contributed by atoms with Crippen molar-refractivity contribution in [1.82, 2.24) is 10.2 Å². The Morgan fingerprint density at radius 3 is 2.75 bits per heavy atom. The molecule has 1 saturated heterocycles. The molecule has 1 atom stereocenters. The maximum absolute atomic E-state index is 11.6. The van der Waals surface area contributed by atoms with Gasteiger partial charge in [-0.15, -0.1) is 0 Å². The summed E-state index contributed by atoms with van der Waals surface area (Å²) in [5.41, 5.74) is -0.308. The molecule has 0 aromatic carbocycles. The quantitative estimate of drug-likeness (QED) is 0.710. The van der Waals surface area contributed by atoms with Crippen LogP contribution in [0.15, 0.2) is 0 Å². The largest absolute Gasteiger partial charge is 0.481 e. The predicted molar refractivity (Wildman–Crippen MR) is 60.1 cm³/mol. The third-order valence-electron chi connectivity index (χ3n) is 3.19. The van der Waals surface area contributed by atoms with Crippen LogP contribution >= 0.6 is 0 Å². The van der Waals surface area contributed by atoms with E-state index in [1.807, 2.05) is 6.92 Å². The molecule has 1 heterocycles. The molecule has 0 aliphatic carbocycles. The van der Waals surface area contributed by atoms with Crippen molar-refractivity contribution in [3.05, 3.63) is 0 Å². The molecule has 1 fully saturated rings. The Labute approximate surface area is 95.8 Å². The van der Waals surface area contributed by atoms with Crippen molar-refractivity contribution in [2.45, 2.75) is 26.2 Å². The van der Waals surface area contributed by atoms with E-state index in [0.29, 0.717) is 6.42 Å². The number of aliphatic carboxylic acids is 1. The lowest BCUT2D eigenvalue weighted by atomic mass is 9.89. The first-order valence-electron chi connectivity index (χ1n) is 5.64. The van der Waals surface area contributed by atoms with E-state index in [1.165, 1.54) is 0 Å². The minimum atomic E-state index is -0.756. The van der Waals surface area contributed by atoms with Crippen molar-refractivity contribution < 1.29 is 14.7 Å². The first-order valence-corrected chi connectivity index (χ1v) is 5.64. The van der Waals surface area contributed by atoms with Gasteiger partial charge in [0.05, 0.1) is 5.41 Å². The highest BCUT2D eigenvalue weighted by molar-refractivity contribution is 5.82. The Morgan fingerprint density at radius 1 is 1.50 bits per heavy atom. The molecular weight excluding hydrogens is 208 g/mol. The van der Waals surface area contributed by atoms with Crippen LogP contribution in [-0.2, 0) is 9.59 Å². The average molecular weight is 228 g/mol. The van der Waals surface area contributed by atoms with Gasteiger partial charge in [-0.25, -0.2) is 0 Å². The van der Waals surface area contributed by atoms with Crippen molar-refractivity contribution in [3.8, 4) is 0 Å². The Morgan fingerprint density at radius 2 is 2.19 bits per heavy atom. The summed E-state index contributed by atoms with van der Waals surface area (Å²) >= 11 is 0. The molecule has 0 saturated carbocycles. The van der Waals surface area contributed by atoms with Gasteiger partial charge < -0.3 is 15.3 Å². The van der Waals surface area contributed by atoms with Crippen LogP contribution in [0.4, 0.5) is 0 Å². The molecule has 0 bridgehead atoms. The van der Waals surface area contributed by atoms with Gasteiger partial charge >= 0.3 is 5.97 Å². The Hall–Kier alpha value is -1.10. The molecule has 0 aromatic heterocycles. The summed E-state index contributed by atoms with van der Waals surface area (Å²) in [5, 5.41) is 11.2. The zero-order valence-electron chi connectivity index (χ0n) is 9.95. The van der Waals surface area contributed by atoms with E-state index in [2.05, 4.69) is 10.2 Å². The number of rotatable bonds is 5. The van der Waals surface area contributed by atoms with Crippen LogP contribution in [0.3, 0.4) is 0 Å². The number of carboxylic acid groups (broad SMARTS) is 1. The van der Waals surface area contributed by atoms with Gasteiger partial charge in [-0.2, -0.15) is 0 Å². The molecule has 1 amide bonds. The number of carboxylic acids is 1. The third-order valence-corrected chi connectivity index (χ3v) is 3.19. The van der Waals surface area contributed by atoms with E-state index < -0.39 is 5.97 Å². The molecule has 1 aliphatic rings. The summed E-state index contributed by atoms with van der Waals surface area (Å²) in [7, 11) is 1.65. The van der Waals surface area contributed by atoms with Gasteiger partial charge in [0.1, 0.15) is 0 Å². The van der Waals surface area contributed by atoms with Crippen LogP contribution in [0.2, 0.25) is 0 Å². The van der Waals surface area contributed by atoms with Gasteiger partial charge in [-0.3, -0.25) is 9.59 Å². The molecule has 0 aromatic rings. The Kier molecular flexibility index (Phi) is 4.29. The fourth-order valence-corrected chi connectivity index (χ4v) is 2.19. The van der Waals surface area contributed by atoms with E-state index >= 15 is 0 Å². The lowest BCUT2D eigenvalue weighted by molar-refractivity contribution is -0.137. The van der Waals surface area contributed by atoms with E-state index in [4.69, 9.17) is 5.11 Å². The van der Waals surface area contributed by atoms with Gasteiger partial charge in [-0.1, -0.05) is 0 Å². The number of amides is 1. The lowest BCUT2D eigenvalue weighted by Crippen LogP contribution is -2.39. The smallest absolute Gasteiger partial charge is 0.303 e. The summed E-state index contributed by atoms with van der Waals surface area (Å²) in [5.74, 6) is -0.679. The second-order valence-electron chi connectivity index (χ2n) is 4.66. The molecule has 0 spiro atoms. The normalized spacial score (nSPS) is 25.6. The average Bonchev–Trinajstić information content (AvgIpc) is 2.60. The van der Waals surface area contributed by atoms with Gasteiger partial charge in [0.2, 0.25) is 5.91 Å². The zero-order chi connectivity index (χ0) is 12.2. The fourth-order valence-electron chi connectivity index (χ4n) is 2.19. The number of carbonyl (C=O) groups excluding carboxylic acids is 1. The van der Waals surface area contributed by atoms with Crippen LogP contribution in [0.25, 0.3) is 0 Å². The second-order valence-corrected chi connectivity index (χ2v) is 4.66. The number of likely N-dealkylation sites (tertiary alicyclic amines) is 1. The Bertz CT molecular complexity index is 280. The van der Waals surface area contributed by atoms with Gasteiger partial charge in [0, 0.05) is 20.0 Å². The summed E-state index contributed by atoms with van der Waals surface area (Å²) in [6, 6.07) is 0. The molecule has 1 unspecified atom stereocenters. The molecule has 1 aliphatic heterocycles. The molecule has 0 radical (unpaired) electrons. The number of hydrogen-bond donors (Lipinski definition) is 2. The molecule has 1 rings (SSSR count). The first-order chi connectivity index (χ1) is 7.48. The van der Waals surface area contributed by atoms with Crippen molar-refractivity contribution in [2.75, 3.05) is 26.7 Å². The summed E-state index contributed by atoms with van der Waals surface area (Å²) in [4.78, 5) is 24.2. The van der Waals surface area contributed by atoms with Gasteiger partial charge in [-0.05, 0) is 32.9 Å². The summed E-state index contributed by atoms with van der Waals surface area (Å²) < 4.78 is 0. The van der Waals surface area contributed by atoms with Crippen LogP contribution < -0.4 is 5.32 Å². The van der Waals surface area contributed by atoms with Crippen LogP contribution in [0, 0.1) is 5.41 Å². The molecule has 92 valence electrons. The first kappa shape index (κ1) is 13.0. The van der Waals surface area contributed by atoms with Crippen molar-refractivity contribution in [1.29, 1.82) is 0 Å².